The fraction of sp³-hybridized carbons (Fsp3) is 0.208. The van der Waals surface area contributed by atoms with Crippen LogP contribution in [-0.2, 0) is 0 Å². The van der Waals surface area contributed by atoms with Crippen LogP contribution >= 0.6 is 11.6 Å². The maximum atomic E-state index is 6.07. The molecule has 0 saturated heterocycles. The summed E-state index contributed by atoms with van der Waals surface area (Å²) < 4.78 is 6.07. The van der Waals surface area contributed by atoms with Crippen molar-refractivity contribution >= 4 is 22.6 Å². The van der Waals surface area contributed by atoms with Crippen molar-refractivity contribution in [1.82, 2.24) is 14.9 Å². The average molecular weight is 406 g/mol. The Hall–Kier alpha value is -2.82. The van der Waals surface area contributed by atoms with E-state index in [1.54, 1.807) is 0 Å². The van der Waals surface area contributed by atoms with Crippen LogP contribution in [0.5, 0.6) is 5.75 Å². The van der Waals surface area contributed by atoms with Crippen molar-refractivity contribution in [1.29, 1.82) is 0 Å². The molecule has 4 rings (SSSR count). The van der Waals surface area contributed by atoms with E-state index in [0.717, 1.165) is 52.3 Å². The Balaban J connectivity index is 1.73. The molecule has 0 aliphatic rings. The van der Waals surface area contributed by atoms with E-state index in [2.05, 4.69) is 42.2 Å². The van der Waals surface area contributed by atoms with Crippen molar-refractivity contribution in [2.75, 3.05) is 27.2 Å². The Bertz CT molecular complexity index is 1090. The minimum atomic E-state index is 0.677. The van der Waals surface area contributed by atoms with E-state index < -0.39 is 0 Å². The van der Waals surface area contributed by atoms with Crippen LogP contribution in [0.1, 0.15) is 6.42 Å². The number of hydrogen-bond donors (Lipinski definition) is 1. The summed E-state index contributed by atoms with van der Waals surface area (Å²) in [5, 5.41) is 0.711. The summed E-state index contributed by atoms with van der Waals surface area (Å²) in [4.78, 5) is 10.5. The van der Waals surface area contributed by atoms with Gasteiger partial charge in [0.1, 0.15) is 11.6 Å². The molecular weight excluding hydrogens is 382 g/mol. The molecule has 29 heavy (non-hydrogen) atoms. The first-order chi connectivity index (χ1) is 14.1. The van der Waals surface area contributed by atoms with Gasteiger partial charge in [0, 0.05) is 28.8 Å². The second kappa shape index (κ2) is 8.68. The molecule has 4 nitrogen and oxygen atoms in total. The lowest BCUT2D eigenvalue weighted by Crippen LogP contribution is -2.15. The molecule has 1 heterocycles. The molecule has 148 valence electrons. The van der Waals surface area contributed by atoms with Crippen molar-refractivity contribution in [3.05, 3.63) is 71.8 Å². The number of aromatic nitrogens is 2. The lowest BCUT2D eigenvalue weighted by molar-refractivity contribution is 0.282. The number of ether oxygens (including phenoxy) is 1. The number of fused-ring (bicyclic) bond motifs is 1. The summed E-state index contributed by atoms with van der Waals surface area (Å²) in [5.41, 5.74) is 5.06. The number of H-pyrrole nitrogens is 1. The van der Waals surface area contributed by atoms with E-state index >= 15 is 0 Å². The van der Waals surface area contributed by atoms with Crippen molar-refractivity contribution in [3.8, 4) is 28.3 Å². The average Bonchev–Trinajstić information content (AvgIpc) is 3.16. The molecule has 0 aliphatic heterocycles. The fourth-order valence-electron chi connectivity index (χ4n) is 3.33. The van der Waals surface area contributed by atoms with E-state index in [0.29, 0.717) is 11.6 Å². The van der Waals surface area contributed by atoms with Gasteiger partial charge in [-0.15, -0.1) is 0 Å². The normalized spacial score (nSPS) is 11.3. The lowest BCUT2D eigenvalue weighted by atomic mass is 10.0. The molecule has 0 unspecified atom stereocenters. The number of benzene rings is 3. The lowest BCUT2D eigenvalue weighted by Gasteiger charge is -2.12. The topological polar surface area (TPSA) is 41.1 Å². The maximum absolute atomic E-state index is 6.07. The molecule has 1 N–H and O–H groups in total. The highest BCUT2D eigenvalue weighted by molar-refractivity contribution is 6.30. The zero-order chi connectivity index (χ0) is 20.2. The highest BCUT2D eigenvalue weighted by atomic mass is 35.5. The molecule has 3 aromatic carbocycles. The van der Waals surface area contributed by atoms with Crippen molar-refractivity contribution in [2.24, 2.45) is 0 Å². The van der Waals surface area contributed by atoms with Gasteiger partial charge in [0.15, 0.2) is 0 Å². The van der Waals surface area contributed by atoms with Crippen LogP contribution in [0.15, 0.2) is 66.7 Å². The first kappa shape index (κ1) is 19.5. The van der Waals surface area contributed by atoms with Gasteiger partial charge < -0.3 is 14.6 Å². The molecule has 0 spiro atoms. The number of nitrogens with one attached hydrogen (secondary N) is 1. The predicted octanol–water partition coefficient (Wildman–Crippen LogP) is 5.88. The van der Waals surface area contributed by atoms with Crippen molar-refractivity contribution in [3.63, 3.8) is 0 Å². The van der Waals surface area contributed by atoms with Crippen molar-refractivity contribution < 1.29 is 4.74 Å². The third kappa shape index (κ3) is 4.61. The fourth-order valence-corrected chi connectivity index (χ4v) is 3.45. The highest BCUT2D eigenvalue weighted by Gasteiger charge is 2.13. The Morgan fingerprint density at radius 3 is 2.45 bits per heavy atom. The van der Waals surface area contributed by atoms with Gasteiger partial charge in [0.25, 0.3) is 0 Å². The van der Waals surface area contributed by atoms with Gasteiger partial charge >= 0.3 is 0 Å². The third-order valence-electron chi connectivity index (χ3n) is 4.78. The summed E-state index contributed by atoms with van der Waals surface area (Å²) >= 11 is 6.03. The SMILES string of the molecule is CN(C)CCCOc1cc(-c2ccccc2)c2nc(-c3ccc(Cl)cc3)[nH]c2c1. The van der Waals surface area contributed by atoms with Gasteiger partial charge in [0.05, 0.1) is 17.6 Å². The molecular formula is C24H24ClN3O. The second-order valence-corrected chi connectivity index (χ2v) is 7.77. The molecule has 0 bridgehead atoms. The Kier molecular flexibility index (Phi) is 5.84. The van der Waals surface area contributed by atoms with E-state index in [4.69, 9.17) is 21.3 Å². The number of imidazole rings is 1. The summed E-state index contributed by atoms with van der Waals surface area (Å²) in [6.45, 7) is 1.68. The van der Waals surface area contributed by atoms with Crippen LogP contribution in [0.2, 0.25) is 5.02 Å². The predicted molar refractivity (Wildman–Crippen MR) is 121 cm³/mol. The smallest absolute Gasteiger partial charge is 0.138 e. The molecule has 0 amide bonds. The van der Waals surface area contributed by atoms with Crippen LogP contribution < -0.4 is 4.74 Å². The second-order valence-electron chi connectivity index (χ2n) is 7.33. The van der Waals surface area contributed by atoms with E-state index in [1.807, 2.05) is 48.5 Å². The Morgan fingerprint density at radius 2 is 1.72 bits per heavy atom. The summed E-state index contributed by atoms with van der Waals surface area (Å²) in [6.07, 6.45) is 0.977. The monoisotopic (exact) mass is 405 g/mol. The number of halogens is 1. The van der Waals surface area contributed by atoms with Crippen molar-refractivity contribution in [2.45, 2.75) is 6.42 Å². The number of hydrogen-bond acceptors (Lipinski definition) is 3. The molecule has 0 aliphatic carbocycles. The van der Waals surface area contributed by atoms with Crippen LogP contribution in [0.3, 0.4) is 0 Å². The molecule has 0 radical (unpaired) electrons. The number of aromatic amines is 1. The standard InChI is InChI=1S/C24H24ClN3O/c1-28(2)13-6-14-29-20-15-21(17-7-4-3-5-8-17)23-22(16-20)26-24(27-23)18-9-11-19(25)12-10-18/h3-5,7-12,15-16H,6,13-14H2,1-2H3,(H,26,27). The van der Waals surface area contributed by atoms with Crippen LogP contribution in [0, 0.1) is 0 Å². The molecule has 1 aromatic heterocycles. The zero-order valence-corrected chi connectivity index (χ0v) is 17.4. The van der Waals surface area contributed by atoms with Gasteiger partial charge in [-0.3, -0.25) is 0 Å². The van der Waals surface area contributed by atoms with Crippen LogP contribution in [-0.4, -0.2) is 42.1 Å². The van der Waals surface area contributed by atoms with Gasteiger partial charge in [0.2, 0.25) is 0 Å². The molecule has 4 aromatic rings. The highest BCUT2D eigenvalue weighted by Crippen LogP contribution is 2.34. The Morgan fingerprint density at radius 1 is 0.966 bits per heavy atom. The van der Waals surface area contributed by atoms with Gasteiger partial charge in [-0.1, -0.05) is 41.9 Å². The van der Waals surface area contributed by atoms with Crippen LogP contribution in [0.25, 0.3) is 33.5 Å². The number of nitrogens with zero attached hydrogens (tertiary/aromatic N) is 2. The summed E-state index contributed by atoms with van der Waals surface area (Å²) in [6, 6.07) is 22.1. The van der Waals surface area contributed by atoms with Crippen LogP contribution in [0.4, 0.5) is 0 Å². The minimum Gasteiger partial charge on any atom is -0.493 e. The molecule has 0 saturated carbocycles. The van der Waals surface area contributed by atoms with E-state index in [1.165, 1.54) is 0 Å². The summed E-state index contributed by atoms with van der Waals surface area (Å²) in [7, 11) is 4.14. The molecule has 5 heteroatoms. The number of rotatable bonds is 7. The third-order valence-corrected chi connectivity index (χ3v) is 5.03. The quantitative estimate of drug-likeness (QED) is 0.390. The van der Waals surface area contributed by atoms with E-state index in [-0.39, 0.29) is 0 Å². The first-order valence-corrected chi connectivity index (χ1v) is 10.1. The largest absolute Gasteiger partial charge is 0.493 e. The van der Waals surface area contributed by atoms with Gasteiger partial charge in [-0.25, -0.2) is 4.98 Å². The van der Waals surface area contributed by atoms with Gasteiger partial charge in [-0.2, -0.15) is 0 Å². The maximum Gasteiger partial charge on any atom is 0.138 e. The molecule has 0 fully saturated rings. The molecule has 0 atom stereocenters. The van der Waals surface area contributed by atoms with E-state index in [9.17, 15) is 0 Å². The first-order valence-electron chi connectivity index (χ1n) is 9.73. The zero-order valence-electron chi connectivity index (χ0n) is 16.7. The minimum absolute atomic E-state index is 0.677. The van der Waals surface area contributed by atoms with Gasteiger partial charge in [-0.05, 0) is 56.4 Å². The summed E-state index contributed by atoms with van der Waals surface area (Å²) in [5.74, 6) is 1.67. The Labute approximate surface area is 176 Å².